The van der Waals surface area contributed by atoms with Crippen molar-refractivity contribution in [2.45, 2.75) is 44.3 Å². The smallest absolute Gasteiger partial charge is 0.236 e. The third kappa shape index (κ3) is 3.12. The highest BCUT2D eigenvalue weighted by Gasteiger charge is 2.52. The lowest BCUT2D eigenvalue weighted by atomic mass is 9.70. The van der Waals surface area contributed by atoms with Gasteiger partial charge in [-0.3, -0.25) is 4.79 Å². The van der Waals surface area contributed by atoms with Gasteiger partial charge >= 0.3 is 0 Å². The Labute approximate surface area is 156 Å². The quantitative estimate of drug-likeness (QED) is 0.815. The molecule has 5 heteroatoms. The molecule has 2 saturated heterocycles. The summed E-state index contributed by atoms with van der Waals surface area (Å²) in [6, 6.07) is 6.48. The summed E-state index contributed by atoms with van der Waals surface area (Å²) in [7, 11) is 3.88. The van der Waals surface area contributed by atoms with Crippen molar-refractivity contribution < 1.29 is 14.3 Å². The largest absolute Gasteiger partial charge is 0.486 e. The summed E-state index contributed by atoms with van der Waals surface area (Å²) in [6.45, 7) is 4.96. The van der Waals surface area contributed by atoms with Gasteiger partial charge < -0.3 is 19.3 Å². The number of benzene rings is 1. The van der Waals surface area contributed by atoms with E-state index in [1.165, 1.54) is 11.1 Å². The Morgan fingerprint density at radius 2 is 2.08 bits per heavy atom. The number of nitrogens with zero attached hydrogens (tertiary/aromatic N) is 2. The highest BCUT2D eigenvalue weighted by molar-refractivity contribution is 5.78. The number of carbonyl (C=O) groups is 1. The fourth-order valence-corrected chi connectivity index (χ4v) is 4.86. The van der Waals surface area contributed by atoms with Crippen LogP contribution in [0.25, 0.3) is 0 Å². The molecular formula is C21H30N2O3. The van der Waals surface area contributed by atoms with E-state index in [1.807, 2.05) is 23.9 Å². The van der Waals surface area contributed by atoms with Crippen molar-refractivity contribution in [1.29, 1.82) is 0 Å². The van der Waals surface area contributed by atoms with Gasteiger partial charge in [-0.25, -0.2) is 0 Å². The number of piperidine rings is 1. The topological polar surface area (TPSA) is 42.0 Å². The van der Waals surface area contributed by atoms with Gasteiger partial charge in [0.05, 0.1) is 12.6 Å². The number of rotatable bonds is 2. The summed E-state index contributed by atoms with van der Waals surface area (Å²) >= 11 is 0. The Bertz CT molecular complexity index is 680. The summed E-state index contributed by atoms with van der Waals surface area (Å²) in [5, 5.41) is 0. The Balaban J connectivity index is 1.57. The first-order valence-electron chi connectivity index (χ1n) is 9.82. The number of hydrogen-bond donors (Lipinski definition) is 0. The first kappa shape index (κ1) is 17.8. The zero-order valence-corrected chi connectivity index (χ0v) is 16.2. The number of carbonyl (C=O) groups excluding carboxylic acids is 1. The zero-order valence-electron chi connectivity index (χ0n) is 16.2. The Morgan fingerprint density at radius 3 is 2.81 bits per heavy atom. The predicted molar refractivity (Wildman–Crippen MR) is 100 cm³/mol. The van der Waals surface area contributed by atoms with Crippen molar-refractivity contribution in [3.8, 4) is 5.75 Å². The fraction of sp³-hybridized carbons (Fsp3) is 0.667. The second-order valence-electron chi connectivity index (χ2n) is 8.37. The van der Waals surface area contributed by atoms with Crippen LogP contribution < -0.4 is 4.74 Å². The van der Waals surface area contributed by atoms with Crippen molar-refractivity contribution in [1.82, 2.24) is 9.80 Å². The summed E-state index contributed by atoms with van der Waals surface area (Å²) in [5.41, 5.74) is 2.23. The van der Waals surface area contributed by atoms with E-state index in [4.69, 9.17) is 9.47 Å². The molecule has 0 aliphatic carbocycles. The number of ether oxygens (including phenoxy) is 2. The van der Waals surface area contributed by atoms with Crippen molar-refractivity contribution in [3.63, 3.8) is 0 Å². The van der Waals surface area contributed by atoms with Crippen molar-refractivity contribution >= 4 is 5.91 Å². The van der Waals surface area contributed by atoms with Crippen LogP contribution in [-0.4, -0.2) is 61.6 Å². The molecule has 1 aromatic rings. The average Bonchev–Trinajstić information content (AvgIpc) is 2.62. The molecule has 0 bridgehead atoms. The van der Waals surface area contributed by atoms with Gasteiger partial charge in [-0.2, -0.15) is 0 Å². The number of hydrogen-bond acceptors (Lipinski definition) is 4. The molecule has 3 aliphatic rings. The molecule has 3 heterocycles. The number of likely N-dealkylation sites (tertiary alicyclic amines) is 1. The molecule has 26 heavy (non-hydrogen) atoms. The Morgan fingerprint density at radius 1 is 1.31 bits per heavy atom. The van der Waals surface area contributed by atoms with Crippen molar-refractivity contribution in [2.75, 3.05) is 40.3 Å². The predicted octanol–water partition coefficient (Wildman–Crippen LogP) is 2.78. The lowest BCUT2D eigenvalue weighted by Crippen LogP contribution is -2.58. The second kappa shape index (κ2) is 6.86. The molecule has 5 nitrogen and oxygen atoms in total. The molecule has 4 rings (SSSR count). The lowest BCUT2D eigenvalue weighted by Gasteiger charge is -2.53. The van der Waals surface area contributed by atoms with E-state index in [0.29, 0.717) is 12.5 Å². The van der Waals surface area contributed by atoms with Crippen molar-refractivity contribution in [3.05, 3.63) is 29.3 Å². The van der Waals surface area contributed by atoms with E-state index in [-0.39, 0.29) is 17.6 Å². The lowest BCUT2D eigenvalue weighted by molar-refractivity contribution is -0.157. The molecule has 2 fully saturated rings. The summed E-state index contributed by atoms with van der Waals surface area (Å²) in [6.07, 6.45) is 4.16. The fourth-order valence-electron chi connectivity index (χ4n) is 4.86. The van der Waals surface area contributed by atoms with Crippen LogP contribution in [-0.2, 0) is 9.53 Å². The van der Waals surface area contributed by atoms with Crippen LogP contribution in [0.4, 0.5) is 0 Å². The summed E-state index contributed by atoms with van der Waals surface area (Å²) < 4.78 is 12.9. The van der Waals surface area contributed by atoms with E-state index in [2.05, 4.69) is 25.1 Å². The summed E-state index contributed by atoms with van der Waals surface area (Å²) in [5.74, 6) is 1.59. The van der Waals surface area contributed by atoms with Crippen LogP contribution in [0.3, 0.4) is 0 Å². The van der Waals surface area contributed by atoms with E-state index in [9.17, 15) is 4.79 Å². The number of fused-ring (bicyclic) bond motifs is 4. The Kier molecular flexibility index (Phi) is 4.70. The molecule has 1 aromatic carbocycles. The molecule has 2 atom stereocenters. The van der Waals surface area contributed by atoms with Crippen LogP contribution in [0.5, 0.6) is 5.75 Å². The van der Waals surface area contributed by atoms with Crippen LogP contribution in [0.15, 0.2) is 18.2 Å². The highest BCUT2D eigenvalue weighted by Crippen LogP contribution is 2.53. The number of amides is 1. The van der Waals surface area contributed by atoms with Gasteiger partial charge in [0.15, 0.2) is 0 Å². The minimum Gasteiger partial charge on any atom is -0.486 e. The first-order valence-corrected chi connectivity index (χ1v) is 9.82. The van der Waals surface area contributed by atoms with E-state index in [0.717, 1.165) is 51.1 Å². The van der Waals surface area contributed by atoms with Gasteiger partial charge in [0, 0.05) is 44.0 Å². The highest BCUT2D eigenvalue weighted by atomic mass is 16.5. The molecule has 0 radical (unpaired) electrons. The minimum absolute atomic E-state index is 0.136. The van der Waals surface area contributed by atoms with Gasteiger partial charge in [-0.15, -0.1) is 0 Å². The third-order valence-electron chi connectivity index (χ3n) is 6.20. The van der Waals surface area contributed by atoms with E-state index >= 15 is 0 Å². The molecule has 142 valence electrons. The van der Waals surface area contributed by atoms with Gasteiger partial charge in [-0.05, 0) is 45.5 Å². The van der Waals surface area contributed by atoms with Gasteiger partial charge in [0.1, 0.15) is 11.4 Å². The number of likely N-dealkylation sites (N-methyl/N-ethyl adjacent to an activating group) is 1. The molecule has 1 amide bonds. The second-order valence-corrected chi connectivity index (χ2v) is 8.37. The Hall–Kier alpha value is -1.59. The molecule has 0 saturated carbocycles. The molecule has 0 N–H and O–H groups in total. The number of aryl methyl sites for hydroxylation is 1. The maximum Gasteiger partial charge on any atom is 0.236 e. The van der Waals surface area contributed by atoms with E-state index in [1.54, 1.807) is 0 Å². The first-order chi connectivity index (χ1) is 12.5. The summed E-state index contributed by atoms with van der Waals surface area (Å²) in [4.78, 5) is 16.4. The van der Waals surface area contributed by atoms with Crippen LogP contribution in [0.1, 0.15) is 42.9 Å². The third-order valence-corrected chi connectivity index (χ3v) is 6.20. The van der Waals surface area contributed by atoms with Gasteiger partial charge in [-0.1, -0.05) is 12.1 Å². The molecule has 0 aromatic heterocycles. The monoisotopic (exact) mass is 358 g/mol. The maximum atomic E-state index is 12.4. The molecule has 0 unspecified atom stereocenters. The van der Waals surface area contributed by atoms with E-state index < -0.39 is 0 Å². The normalized spacial score (nSPS) is 27.0. The van der Waals surface area contributed by atoms with Crippen LogP contribution in [0.2, 0.25) is 0 Å². The van der Waals surface area contributed by atoms with Crippen molar-refractivity contribution in [2.24, 2.45) is 5.92 Å². The molecular weight excluding hydrogens is 328 g/mol. The zero-order chi connectivity index (χ0) is 18.3. The van der Waals surface area contributed by atoms with Gasteiger partial charge in [0.2, 0.25) is 5.91 Å². The van der Waals surface area contributed by atoms with Crippen LogP contribution >= 0.6 is 0 Å². The molecule has 1 spiro atoms. The standard InChI is InChI=1S/C21H30N2O3/c1-15-6-7-16-18(13-15)26-21(17-5-4-12-25-20(16)17)8-10-23(11-9-21)19(24)14-22(2)3/h6-7,13,17,20H,4-5,8-12,14H2,1-3H3/t17-,20+/m0/s1. The average molecular weight is 358 g/mol. The minimum atomic E-state index is -0.194. The van der Waals surface area contributed by atoms with Crippen LogP contribution in [0, 0.1) is 12.8 Å². The SMILES string of the molecule is Cc1ccc2c(c1)OC1(CCN(C(=O)CN(C)C)CC1)[C@H]1CCCO[C@H]21. The molecule has 3 aliphatic heterocycles. The van der Waals surface area contributed by atoms with Gasteiger partial charge in [0.25, 0.3) is 0 Å². The maximum absolute atomic E-state index is 12.4.